The van der Waals surface area contributed by atoms with Crippen LogP contribution in [0.1, 0.15) is 30.6 Å². The van der Waals surface area contributed by atoms with Crippen LogP contribution >= 0.6 is 0 Å². The molecular formula is C13H21NO2. The minimum absolute atomic E-state index is 0.0971. The van der Waals surface area contributed by atoms with E-state index >= 15 is 0 Å². The minimum Gasteiger partial charge on any atom is -0.468 e. The first-order chi connectivity index (χ1) is 7.66. The summed E-state index contributed by atoms with van der Waals surface area (Å²) in [6, 6.07) is 1.99. The van der Waals surface area contributed by atoms with Gasteiger partial charge in [-0.2, -0.15) is 0 Å². The van der Waals surface area contributed by atoms with Gasteiger partial charge in [-0.15, -0.1) is 0 Å². The molecule has 1 N–H and O–H groups in total. The second kappa shape index (κ2) is 5.02. The maximum Gasteiger partial charge on any atom is 0.120 e. The van der Waals surface area contributed by atoms with Gasteiger partial charge in [0.2, 0.25) is 0 Å². The molecule has 1 aliphatic carbocycles. The normalized spacial score (nSPS) is 25.5. The van der Waals surface area contributed by atoms with E-state index in [4.69, 9.17) is 4.42 Å². The summed E-state index contributed by atoms with van der Waals surface area (Å²) in [6.07, 6.45) is 4.93. The Balaban J connectivity index is 1.84. The largest absolute Gasteiger partial charge is 0.468 e. The Labute approximate surface area is 97.1 Å². The van der Waals surface area contributed by atoms with Crippen molar-refractivity contribution in [3.8, 4) is 0 Å². The van der Waals surface area contributed by atoms with Gasteiger partial charge in [0, 0.05) is 6.54 Å². The van der Waals surface area contributed by atoms with E-state index in [9.17, 15) is 5.11 Å². The molecule has 1 saturated carbocycles. The molecule has 0 amide bonds. The lowest BCUT2D eigenvalue weighted by molar-refractivity contribution is 0.106. The van der Waals surface area contributed by atoms with Crippen molar-refractivity contribution < 1.29 is 9.52 Å². The van der Waals surface area contributed by atoms with Crippen molar-refractivity contribution in [2.45, 2.75) is 38.8 Å². The number of aryl methyl sites for hydroxylation is 1. The summed E-state index contributed by atoms with van der Waals surface area (Å²) in [4.78, 5) is 2.24. The fourth-order valence-corrected chi connectivity index (χ4v) is 2.51. The van der Waals surface area contributed by atoms with Crippen molar-refractivity contribution in [2.75, 3.05) is 13.6 Å². The molecule has 1 aromatic rings. The molecule has 0 bridgehead atoms. The van der Waals surface area contributed by atoms with Crippen LogP contribution in [0.5, 0.6) is 0 Å². The van der Waals surface area contributed by atoms with E-state index in [1.54, 1.807) is 6.26 Å². The number of aliphatic hydroxyl groups excluding tert-OH is 1. The molecule has 2 rings (SSSR count). The summed E-state index contributed by atoms with van der Waals surface area (Å²) < 4.78 is 5.42. The number of hydrogen-bond acceptors (Lipinski definition) is 3. The molecule has 0 saturated heterocycles. The zero-order valence-corrected chi connectivity index (χ0v) is 10.1. The molecule has 90 valence electrons. The molecule has 0 aromatic carbocycles. The average Bonchev–Trinajstić information content (AvgIpc) is 2.79. The first-order valence-electron chi connectivity index (χ1n) is 6.06. The third-order valence-corrected chi connectivity index (χ3v) is 3.55. The maximum atomic E-state index is 9.77. The SMILES string of the molecule is Cc1ccoc1CN(C)CC1CCCC1O. The molecule has 1 aromatic heterocycles. The van der Waals surface area contributed by atoms with Gasteiger partial charge in [-0.05, 0) is 44.4 Å². The van der Waals surface area contributed by atoms with Crippen LogP contribution in [0.2, 0.25) is 0 Å². The Bertz CT molecular complexity index is 334. The quantitative estimate of drug-likeness (QED) is 0.850. The fourth-order valence-electron chi connectivity index (χ4n) is 2.51. The molecular weight excluding hydrogens is 202 g/mol. The van der Waals surface area contributed by atoms with Gasteiger partial charge in [-0.25, -0.2) is 0 Å². The Hall–Kier alpha value is -0.800. The molecule has 1 fully saturated rings. The molecule has 3 nitrogen and oxygen atoms in total. The van der Waals surface area contributed by atoms with Crippen LogP contribution in [0, 0.1) is 12.8 Å². The van der Waals surface area contributed by atoms with Crippen molar-refractivity contribution in [3.63, 3.8) is 0 Å². The van der Waals surface area contributed by atoms with Gasteiger partial charge >= 0.3 is 0 Å². The Morgan fingerprint density at radius 1 is 1.50 bits per heavy atom. The molecule has 3 heteroatoms. The zero-order chi connectivity index (χ0) is 11.5. The average molecular weight is 223 g/mol. The predicted molar refractivity (Wildman–Crippen MR) is 63.1 cm³/mol. The second-order valence-corrected chi connectivity index (χ2v) is 4.98. The highest BCUT2D eigenvalue weighted by Crippen LogP contribution is 2.26. The highest BCUT2D eigenvalue weighted by atomic mass is 16.3. The van der Waals surface area contributed by atoms with Crippen LogP contribution in [0.4, 0.5) is 0 Å². The molecule has 2 unspecified atom stereocenters. The monoisotopic (exact) mass is 223 g/mol. The molecule has 1 heterocycles. The van der Waals surface area contributed by atoms with Crippen molar-refractivity contribution in [3.05, 3.63) is 23.7 Å². The Morgan fingerprint density at radius 3 is 2.88 bits per heavy atom. The first kappa shape index (κ1) is 11.7. The van der Waals surface area contributed by atoms with Crippen LogP contribution < -0.4 is 0 Å². The number of rotatable bonds is 4. The summed E-state index contributed by atoms with van der Waals surface area (Å²) in [5, 5.41) is 9.77. The van der Waals surface area contributed by atoms with Crippen LogP contribution in [-0.4, -0.2) is 29.7 Å². The Kier molecular flexibility index (Phi) is 3.66. The lowest BCUT2D eigenvalue weighted by Crippen LogP contribution is -2.29. The van der Waals surface area contributed by atoms with Gasteiger partial charge < -0.3 is 9.52 Å². The summed E-state index contributed by atoms with van der Waals surface area (Å²) in [6.45, 7) is 3.86. The van der Waals surface area contributed by atoms with E-state index in [1.165, 1.54) is 12.0 Å². The standard InChI is InChI=1S/C13H21NO2/c1-10-6-7-16-13(10)9-14(2)8-11-4-3-5-12(11)15/h6-7,11-12,15H,3-5,8-9H2,1-2H3. The smallest absolute Gasteiger partial charge is 0.120 e. The number of furan rings is 1. The van der Waals surface area contributed by atoms with Crippen molar-refractivity contribution in [2.24, 2.45) is 5.92 Å². The number of nitrogens with zero attached hydrogens (tertiary/aromatic N) is 1. The van der Waals surface area contributed by atoms with Crippen LogP contribution in [0.25, 0.3) is 0 Å². The Morgan fingerprint density at radius 2 is 2.31 bits per heavy atom. The highest BCUT2D eigenvalue weighted by molar-refractivity contribution is 5.14. The molecule has 1 aliphatic rings. The fraction of sp³-hybridized carbons (Fsp3) is 0.692. The summed E-state index contributed by atoms with van der Waals surface area (Å²) in [7, 11) is 2.09. The van der Waals surface area contributed by atoms with E-state index in [-0.39, 0.29) is 6.10 Å². The van der Waals surface area contributed by atoms with Crippen LogP contribution in [0.15, 0.2) is 16.7 Å². The number of hydrogen-bond donors (Lipinski definition) is 1. The molecule has 16 heavy (non-hydrogen) atoms. The van der Waals surface area contributed by atoms with E-state index < -0.39 is 0 Å². The van der Waals surface area contributed by atoms with Gasteiger partial charge in [0.1, 0.15) is 5.76 Å². The first-order valence-corrected chi connectivity index (χ1v) is 6.06. The van der Waals surface area contributed by atoms with Crippen LogP contribution in [0.3, 0.4) is 0 Å². The molecule has 2 atom stereocenters. The zero-order valence-electron chi connectivity index (χ0n) is 10.1. The number of aliphatic hydroxyl groups is 1. The van der Waals surface area contributed by atoms with E-state index in [2.05, 4.69) is 18.9 Å². The third kappa shape index (κ3) is 2.66. The summed E-state index contributed by atoms with van der Waals surface area (Å²) >= 11 is 0. The molecule has 0 spiro atoms. The van der Waals surface area contributed by atoms with Gasteiger partial charge in [0.25, 0.3) is 0 Å². The van der Waals surface area contributed by atoms with Gasteiger partial charge in [-0.1, -0.05) is 6.42 Å². The second-order valence-electron chi connectivity index (χ2n) is 4.98. The van der Waals surface area contributed by atoms with Crippen molar-refractivity contribution in [1.29, 1.82) is 0 Å². The highest BCUT2D eigenvalue weighted by Gasteiger charge is 2.26. The van der Waals surface area contributed by atoms with Gasteiger partial charge in [0.15, 0.2) is 0 Å². The summed E-state index contributed by atoms with van der Waals surface area (Å²) in [5.41, 5.74) is 1.21. The molecule has 0 radical (unpaired) electrons. The third-order valence-electron chi connectivity index (χ3n) is 3.55. The van der Waals surface area contributed by atoms with Gasteiger partial charge in [-0.3, -0.25) is 4.90 Å². The lowest BCUT2D eigenvalue weighted by Gasteiger charge is -2.22. The van der Waals surface area contributed by atoms with Crippen LogP contribution in [-0.2, 0) is 6.54 Å². The predicted octanol–water partition coefficient (Wildman–Crippen LogP) is 2.18. The molecule has 0 aliphatic heterocycles. The van der Waals surface area contributed by atoms with Crippen molar-refractivity contribution in [1.82, 2.24) is 4.90 Å². The minimum atomic E-state index is -0.0971. The maximum absolute atomic E-state index is 9.77. The van der Waals surface area contributed by atoms with E-state index in [0.29, 0.717) is 5.92 Å². The lowest BCUT2D eigenvalue weighted by atomic mass is 10.1. The van der Waals surface area contributed by atoms with E-state index in [1.807, 2.05) is 6.07 Å². The summed E-state index contributed by atoms with van der Waals surface area (Å²) in [5.74, 6) is 1.48. The van der Waals surface area contributed by atoms with Gasteiger partial charge in [0.05, 0.1) is 18.9 Å². The topological polar surface area (TPSA) is 36.6 Å². The van der Waals surface area contributed by atoms with Crippen molar-refractivity contribution >= 4 is 0 Å². The van der Waals surface area contributed by atoms with E-state index in [0.717, 1.165) is 31.7 Å².